The van der Waals surface area contributed by atoms with Crippen molar-refractivity contribution in [3.63, 3.8) is 0 Å². The van der Waals surface area contributed by atoms with Crippen molar-refractivity contribution in [1.82, 2.24) is 14.5 Å². The van der Waals surface area contributed by atoms with Crippen molar-refractivity contribution in [3.05, 3.63) is 206 Å². The van der Waals surface area contributed by atoms with Gasteiger partial charge in [-0.25, -0.2) is 9.97 Å². The average molecular weight is 739 g/mol. The summed E-state index contributed by atoms with van der Waals surface area (Å²) in [6.07, 6.45) is 0. The normalized spacial score (nSPS) is 12.1. The molecule has 0 unspecified atom stereocenters. The Labute approximate surface area is 335 Å². The van der Waals surface area contributed by atoms with E-state index in [9.17, 15) is 0 Å². The Hall–Kier alpha value is -7.82. The molecular formula is C54H34N4. The SMILES string of the molecule is c1ccc(N2c3ccccc3-c3ccccc3-c3c2ccc2c4ccccc4n(-c4nc(-c5ccc(-c6cccc7ccccc67)cc5)c5ccccc5n4)c32)cc1. The largest absolute Gasteiger partial charge is 0.309 e. The van der Waals surface area contributed by atoms with E-state index in [4.69, 9.17) is 9.97 Å². The van der Waals surface area contributed by atoms with Crippen LogP contribution in [0.5, 0.6) is 0 Å². The second kappa shape index (κ2) is 12.9. The lowest BCUT2D eigenvalue weighted by Gasteiger charge is -2.27. The van der Waals surface area contributed by atoms with Crippen molar-refractivity contribution >= 4 is 60.5 Å². The fraction of sp³-hybridized carbons (Fsp3) is 0. The van der Waals surface area contributed by atoms with Gasteiger partial charge in [0.15, 0.2) is 0 Å². The zero-order valence-corrected chi connectivity index (χ0v) is 31.4. The molecule has 0 amide bonds. The van der Waals surface area contributed by atoms with Crippen LogP contribution in [0.4, 0.5) is 17.1 Å². The van der Waals surface area contributed by atoms with Gasteiger partial charge in [-0.2, -0.15) is 0 Å². The Kier molecular flexibility index (Phi) is 7.20. The predicted molar refractivity (Wildman–Crippen MR) is 241 cm³/mol. The lowest BCUT2D eigenvalue weighted by atomic mass is 9.93. The third kappa shape index (κ3) is 4.88. The van der Waals surface area contributed by atoms with Gasteiger partial charge in [0.25, 0.3) is 0 Å². The Bertz CT molecular complexity index is 3390. The summed E-state index contributed by atoms with van der Waals surface area (Å²) in [6.45, 7) is 0. The van der Waals surface area contributed by atoms with E-state index in [2.05, 4.69) is 216 Å². The standard InChI is InChI=1S/C54H34N4/c1-2-17-38(18-3-1)57-48-27-12-9-21-42(48)41-20-6-7-23-44(41)51-50(57)34-33-45-43-22-10-13-28-49(43)58(53(45)51)54-55-47-26-11-8-24-46(47)52(56-54)37-31-29-36(30-32-37)40-25-14-16-35-15-4-5-19-39(35)40/h1-34H. The van der Waals surface area contributed by atoms with E-state index < -0.39 is 0 Å². The molecule has 2 aromatic heterocycles. The molecule has 11 aromatic rings. The second-order valence-electron chi connectivity index (χ2n) is 14.9. The molecule has 1 aliphatic rings. The molecule has 0 bridgehead atoms. The first-order valence-corrected chi connectivity index (χ1v) is 19.8. The average Bonchev–Trinajstić information content (AvgIpc) is 3.57. The maximum Gasteiger partial charge on any atom is 0.235 e. The lowest BCUT2D eigenvalue weighted by Crippen LogP contribution is -2.11. The van der Waals surface area contributed by atoms with Gasteiger partial charge in [0.05, 0.1) is 33.6 Å². The number of rotatable bonds is 4. The van der Waals surface area contributed by atoms with Crippen molar-refractivity contribution < 1.29 is 0 Å². The summed E-state index contributed by atoms with van der Waals surface area (Å²) in [5.41, 5.74) is 15.4. The molecule has 4 heteroatoms. The van der Waals surface area contributed by atoms with Crippen molar-refractivity contribution in [1.29, 1.82) is 0 Å². The van der Waals surface area contributed by atoms with Crippen LogP contribution in [0.3, 0.4) is 0 Å². The van der Waals surface area contributed by atoms with Crippen LogP contribution in [0.2, 0.25) is 0 Å². The number of anilines is 3. The number of fused-ring (bicyclic) bond motifs is 11. The summed E-state index contributed by atoms with van der Waals surface area (Å²) in [6, 6.07) is 73.9. The van der Waals surface area contributed by atoms with Gasteiger partial charge in [-0.15, -0.1) is 0 Å². The van der Waals surface area contributed by atoms with E-state index in [1.165, 1.54) is 38.6 Å². The van der Waals surface area contributed by atoms with Crippen LogP contribution in [-0.4, -0.2) is 14.5 Å². The number of hydrogen-bond acceptors (Lipinski definition) is 3. The van der Waals surface area contributed by atoms with Crippen LogP contribution in [0.1, 0.15) is 0 Å². The summed E-state index contributed by atoms with van der Waals surface area (Å²) in [5.74, 6) is 0.636. The van der Waals surface area contributed by atoms with Crippen LogP contribution in [-0.2, 0) is 0 Å². The highest BCUT2D eigenvalue weighted by molar-refractivity contribution is 6.19. The summed E-state index contributed by atoms with van der Waals surface area (Å²) in [4.78, 5) is 13.3. The molecule has 58 heavy (non-hydrogen) atoms. The monoisotopic (exact) mass is 738 g/mol. The third-order valence-electron chi connectivity index (χ3n) is 11.8. The molecule has 4 nitrogen and oxygen atoms in total. The van der Waals surface area contributed by atoms with Gasteiger partial charge >= 0.3 is 0 Å². The second-order valence-corrected chi connectivity index (χ2v) is 14.9. The van der Waals surface area contributed by atoms with Gasteiger partial charge in [0.1, 0.15) is 0 Å². The van der Waals surface area contributed by atoms with Gasteiger partial charge in [-0.05, 0) is 69.4 Å². The Morgan fingerprint density at radius 2 is 1.00 bits per heavy atom. The van der Waals surface area contributed by atoms with Crippen molar-refractivity contribution in [2.75, 3.05) is 4.90 Å². The number of hydrogen-bond donors (Lipinski definition) is 0. The molecular weight excluding hydrogens is 705 g/mol. The number of benzene rings is 9. The van der Waals surface area contributed by atoms with Crippen LogP contribution < -0.4 is 4.90 Å². The fourth-order valence-corrected chi connectivity index (χ4v) is 9.19. The van der Waals surface area contributed by atoms with E-state index in [1.54, 1.807) is 0 Å². The lowest BCUT2D eigenvalue weighted by molar-refractivity contribution is 1.01. The van der Waals surface area contributed by atoms with Gasteiger partial charge in [0.2, 0.25) is 5.95 Å². The van der Waals surface area contributed by atoms with E-state index in [1.807, 2.05) is 0 Å². The first-order valence-electron chi connectivity index (χ1n) is 19.8. The topological polar surface area (TPSA) is 34.0 Å². The Morgan fingerprint density at radius 1 is 0.362 bits per heavy atom. The molecule has 9 aromatic carbocycles. The molecule has 270 valence electrons. The summed E-state index contributed by atoms with van der Waals surface area (Å²) in [5, 5.41) is 5.80. The predicted octanol–water partition coefficient (Wildman–Crippen LogP) is 14.3. The molecule has 0 aliphatic carbocycles. The van der Waals surface area contributed by atoms with E-state index in [0.29, 0.717) is 5.95 Å². The van der Waals surface area contributed by atoms with Crippen LogP contribution in [0.15, 0.2) is 206 Å². The molecule has 3 heterocycles. The highest BCUT2D eigenvalue weighted by atomic mass is 15.2. The summed E-state index contributed by atoms with van der Waals surface area (Å²) >= 11 is 0. The van der Waals surface area contributed by atoms with Gasteiger partial charge < -0.3 is 4.90 Å². The van der Waals surface area contributed by atoms with E-state index >= 15 is 0 Å². The maximum absolute atomic E-state index is 5.55. The molecule has 0 fully saturated rings. The van der Waals surface area contributed by atoms with Crippen molar-refractivity contribution in [3.8, 4) is 50.6 Å². The Morgan fingerprint density at radius 3 is 1.86 bits per heavy atom. The molecule has 0 spiro atoms. The van der Waals surface area contributed by atoms with Crippen LogP contribution >= 0.6 is 0 Å². The minimum Gasteiger partial charge on any atom is -0.309 e. The quantitative estimate of drug-likeness (QED) is 0.180. The molecule has 0 N–H and O–H groups in total. The molecule has 0 atom stereocenters. The zero-order chi connectivity index (χ0) is 38.2. The van der Waals surface area contributed by atoms with Gasteiger partial charge in [-0.3, -0.25) is 4.57 Å². The third-order valence-corrected chi connectivity index (χ3v) is 11.8. The Balaban J connectivity index is 1.15. The van der Waals surface area contributed by atoms with Crippen LogP contribution in [0.25, 0.3) is 94.1 Å². The van der Waals surface area contributed by atoms with E-state index in [-0.39, 0.29) is 0 Å². The maximum atomic E-state index is 5.55. The minimum absolute atomic E-state index is 0.636. The molecule has 12 rings (SSSR count). The van der Waals surface area contributed by atoms with Gasteiger partial charge in [-0.1, -0.05) is 170 Å². The number of nitrogens with zero attached hydrogens (tertiary/aromatic N) is 4. The van der Waals surface area contributed by atoms with E-state index in [0.717, 1.165) is 66.6 Å². The number of para-hydroxylation sites is 4. The molecule has 1 aliphatic heterocycles. The van der Waals surface area contributed by atoms with Gasteiger partial charge in [0, 0.05) is 38.5 Å². The fourth-order valence-electron chi connectivity index (χ4n) is 9.19. The highest BCUT2D eigenvalue weighted by Crippen LogP contribution is 2.54. The smallest absolute Gasteiger partial charge is 0.235 e. The molecule has 0 radical (unpaired) electrons. The highest BCUT2D eigenvalue weighted by Gasteiger charge is 2.30. The van der Waals surface area contributed by atoms with Crippen molar-refractivity contribution in [2.45, 2.75) is 0 Å². The zero-order valence-electron chi connectivity index (χ0n) is 31.4. The minimum atomic E-state index is 0.636. The summed E-state index contributed by atoms with van der Waals surface area (Å²) < 4.78 is 2.31. The first kappa shape index (κ1) is 32.4. The molecule has 0 saturated heterocycles. The first-order chi connectivity index (χ1) is 28.8. The van der Waals surface area contributed by atoms with Crippen LogP contribution in [0, 0.1) is 0 Å². The van der Waals surface area contributed by atoms with Crippen molar-refractivity contribution in [2.24, 2.45) is 0 Å². The summed E-state index contributed by atoms with van der Waals surface area (Å²) in [7, 11) is 0. The molecule has 0 saturated carbocycles. The number of aromatic nitrogens is 3.